The maximum Gasteiger partial charge on any atom is 0.260 e. The summed E-state index contributed by atoms with van der Waals surface area (Å²) in [6, 6.07) is 9.49. The highest BCUT2D eigenvalue weighted by Crippen LogP contribution is 2.10. The summed E-state index contributed by atoms with van der Waals surface area (Å²) >= 11 is 0. The van der Waals surface area contributed by atoms with E-state index in [4.69, 9.17) is 4.74 Å². The molecule has 1 aromatic heterocycles. The van der Waals surface area contributed by atoms with Crippen LogP contribution in [0.4, 0.5) is 0 Å². The second kappa shape index (κ2) is 8.67. The monoisotopic (exact) mass is 342 g/mol. The molecule has 6 nitrogen and oxygen atoms in total. The number of para-hydroxylation sites is 1. The van der Waals surface area contributed by atoms with E-state index in [1.165, 1.54) is 0 Å². The van der Waals surface area contributed by atoms with Gasteiger partial charge < -0.3 is 19.1 Å². The predicted molar refractivity (Wildman–Crippen MR) is 96.5 cm³/mol. The van der Waals surface area contributed by atoms with Crippen molar-refractivity contribution in [3.05, 3.63) is 48.5 Å². The average Bonchev–Trinajstić information content (AvgIpc) is 2.91. The highest BCUT2D eigenvalue weighted by atomic mass is 16.5. The van der Waals surface area contributed by atoms with Gasteiger partial charge in [-0.2, -0.15) is 0 Å². The van der Waals surface area contributed by atoms with Gasteiger partial charge in [0.15, 0.2) is 6.61 Å². The Labute approximate surface area is 149 Å². The number of carbonyl (C=O) groups is 1. The van der Waals surface area contributed by atoms with E-state index >= 15 is 0 Å². The normalized spacial score (nSPS) is 15.8. The molecule has 1 saturated heterocycles. The quantitative estimate of drug-likeness (QED) is 0.800. The van der Waals surface area contributed by atoms with Crippen LogP contribution in [-0.4, -0.2) is 64.6 Å². The zero-order valence-corrected chi connectivity index (χ0v) is 14.8. The summed E-state index contributed by atoms with van der Waals surface area (Å²) in [5.41, 5.74) is 0. The molecule has 1 aliphatic rings. The van der Waals surface area contributed by atoms with Crippen LogP contribution < -0.4 is 4.74 Å². The first-order valence-corrected chi connectivity index (χ1v) is 8.86. The van der Waals surface area contributed by atoms with Gasteiger partial charge >= 0.3 is 0 Å². The number of aryl methyl sites for hydroxylation is 1. The molecule has 0 bridgehead atoms. The Kier molecular flexibility index (Phi) is 6.06. The first kappa shape index (κ1) is 17.5. The van der Waals surface area contributed by atoms with Gasteiger partial charge in [0.2, 0.25) is 0 Å². The lowest BCUT2D eigenvalue weighted by Gasteiger charge is -2.22. The highest BCUT2D eigenvalue weighted by molar-refractivity contribution is 5.77. The van der Waals surface area contributed by atoms with Crippen molar-refractivity contribution >= 4 is 5.91 Å². The number of ether oxygens (including phenoxy) is 1. The van der Waals surface area contributed by atoms with Crippen LogP contribution >= 0.6 is 0 Å². The number of rotatable bonds is 6. The van der Waals surface area contributed by atoms with Crippen LogP contribution in [-0.2, 0) is 18.3 Å². The number of benzene rings is 1. The molecule has 1 aliphatic heterocycles. The predicted octanol–water partition coefficient (Wildman–Crippen LogP) is 1.58. The van der Waals surface area contributed by atoms with Gasteiger partial charge in [0.25, 0.3) is 5.91 Å². The second-order valence-electron chi connectivity index (χ2n) is 6.38. The smallest absolute Gasteiger partial charge is 0.260 e. The summed E-state index contributed by atoms with van der Waals surface area (Å²) in [4.78, 5) is 21.1. The highest BCUT2D eigenvalue weighted by Gasteiger charge is 2.19. The third-order valence-electron chi connectivity index (χ3n) is 4.62. The molecule has 0 aliphatic carbocycles. The van der Waals surface area contributed by atoms with Crippen molar-refractivity contribution in [3.8, 4) is 5.75 Å². The number of carbonyl (C=O) groups excluding carboxylic acids is 1. The summed E-state index contributed by atoms with van der Waals surface area (Å²) in [6.07, 6.45) is 5.75. The molecule has 0 atom stereocenters. The summed E-state index contributed by atoms with van der Waals surface area (Å²) < 4.78 is 7.65. The Morgan fingerprint density at radius 2 is 2.00 bits per heavy atom. The molecule has 2 aromatic rings. The fraction of sp³-hybridized carbons (Fsp3) is 0.474. The van der Waals surface area contributed by atoms with Gasteiger partial charge in [0, 0.05) is 52.0 Å². The van der Waals surface area contributed by atoms with Gasteiger partial charge in [-0.1, -0.05) is 18.2 Å². The van der Waals surface area contributed by atoms with Crippen molar-refractivity contribution < 1.29 is 9.53 Å². The number of hydrogen-bond donors (Lipinski definition) is 0. The zero-order chi connectivity index (χ0) is 17.5. The minimum atomic E-state index is 0.0646. The minimum absolute atomic E-state index is 0.0646. The lowest BCUT2D eigenvalue weighted by molar-refractivity contribution is -0.133. The molecule has 1 fully saturated rings. The fourth-order valence-corrected chi connectivity index (χ4v) is 3.09. The van der Waals surface area contributed by atoms with Crippen LogP contribution in [0.3, 0.4) is 0 Å². The third kappa shape index (κ3) is 5.06. The number of imidazole rings is 1. The van der Waals surface area contributed by atoms with E-state index in [0.29, 0.717) is 0 Å². The van der Waals surface area contributed by atoms with Crippen molar-refractivity contribution in [2.24, 2.45) is 7.05 Å². The van der Waals surface area contributed by atoms with E-state index in [1.807, 2.05) is 54.7 Å². The Balaban J connectivity index is 1.43. The van der Waals surface area contributed by atoms with Crippen molar-refractivity contribution in [2.45, 2.75) is 12.8 Å². The summed E-state index contributed by atoms with van der Waals surface area (Å²) in [7, 11) is 2.03. The summed E-state index contributed by atoms with van der Waals surface area (Å²) in [6.45, 7) is 4.58. The van der Waals surface area contributed by atoms with E-state index in [-0.39, 0.29) is 12.5 Å². The van der Waals surface area contributed by atoms with Crippen LogP contribution in [0.1, 0.15) is 12.2 Å². The molecule has 0 N–H and O–H groups in total. The van der Waals surface area contributed by atoms with Gasteiger partial charge in [-0.25, -0.2) is 4.98 Å². The molecule has 25 heavy (non-hydrogen) atoms. The van der Waals surface area contributed by atoms with Crippen molar-refractivity contribution in [3.63, 3.8) is 0 Å². The molecule has 0 saturated carbocycles. The lowest BCUT2D eigenvalue weighted by atomic mass is 10.3. The van der Waals surface area contributed by atoms with E-state index in [2.05, 4.69) is 14.5 Å². The number of hydrogen-bond acceptors (Lipinski definition) is 4. The minimum Gasteiger partial charge on any atom is -0.484 e. The molecule has 1 aromatic carbocycles. The first-order valence-electron chi connectivity index (χ1n) is 8.86. The van der Waals surface area contributed by atoms with Crippen molar-refractivity contribution in [2.75, 3.05) is 39.3 Å². The molecule has 134 valence electrons. The largest absolute Gasteiger partial charge is 0.484 e. The maximum atomic E-state index is 12.4. The number of aromatic nitrogens is 2. The van der Waals surface area contributed by atoms with E-state index < -0.39 is 0 Å². The van der Waals surface area contributed by atoms with Gasteiger partial charge in [-0.3, -0.25) is 4.79 Å². The first-order chi connectivity index (χ1) is 12.2. The van der Waals surface area contributed by atoms with E-state index in [0.717, 1.165) is 57.1 Å². The van der Waals surface area contributed by atoms with Crippen LogP contribution in [0.5, 0.6) is 5.75 Å². The van der Waals surface area contributed by atoms with E-state index in [9.17, 15) is 4.79 Å². The number of nitrogens with zero attached hydrogens (tertiary/aromatic N) is 4. The molecule has 2 heterocycles. The molecule has 0 spiro atoms. The van der Waals surface area contributed by atoms with Crippen LogP contribution in [0, 0.1) is 0 Å². The molecule has 1 amide bonds. The van der Waals surface area contributed by atoms with E-state index in [1.54, 1.807) is 0 Å². The van der Waals surface area contributed by atoms with Gasteiger partial charge in [-0.15, -0.1) is 0 Å². The second-order valence-corrected chi connectivity index (χ2v) is 6.38. The van der Waals surface area contributed by atoms with Gasteiger partial charge in [0.05, 0.1) is 0 Å². The van der Waals surface area contributed by atoms with Gasteiger partial charge in [0.1, 0.15) is 11.6 Å². The van der Waals surface area contributed by atoms with Gasteiger partial charge in [-0.05, 0) is 25.1 Å². The van der Waals surface area contributed by atoms with Crippen molar-refractivity contribution in [1.29, 1.82) is 0 Å². The Bertz CT molecular complexity index is 671. The topological polar surface area (TPSA) is 50.6 Å². The molecule has 0 unspecified atom stereocenters. The zero-order valence-electron chi connectivity index (χ0n) is 14.8. The maximum absolute atomic E-state index is 12.4. The Morgan fingerprint density at radius 1 is 1.16 bits per heavy atom. The molecule has 3 rings (SSSR count). The van der Waals surface area contributed by atoms with Crippen LogP contribution in [0.25, 0.3) is 0 Å². The Hall–Kier alpha value is -2.34. The summed E-state index contributed by atoms with van der Waals surface area (Å²) in [5.74, 6) is 1.91. The fourth-order valence-electron chi connectivity index (χ4n) is 3.09. The molecule has 0 radical (unpaired) electrons. The molecular weight excluding hydrogens is 316 g/mol. The van der Waals surface area contributed by atoms with Crippen molar-refractivity contribution in [1.82, 2.24) is 19.4 Å². The molecule has 6 heteroatoms. The van der Waals surface area contributed by atoms with Crippen LogP contribution in [0.15, 0.2) is 42.7 Å². The summed E-state index contributed by atoms with van der Waals surface area (Å²) in [5, 5.41) is 0. The lowest BCUT2D eigenvalue weighted by Crippen LogP contribution is -2.38. The Morgan fingerprint density at radius 3 is 2.76 bits per heavy atom. The third-order valence-corrected chi connectivity index (χ3v) is 4.62. The standard InChI is InChI=1S/C19H26N4O2/c1-21-13-9-20-18(21)8-12-22-10-5-11-23(15-14-22)19(24)16-25-17-6-3-2-4-7-17/h2-4,6-7,9,13H,5,8,10-12,14-16H2,1H3. The van der Waals surface area contributed by atoms with Crippen LogP contribution in [0.2, 0.25) is 0 Å². The average molecular weight is 342 g/mol. The SMILES string of the molecule is Cn1ccnc1CCN1CCCN(C(=O)COc2ccccc2)CC1. The molecular formula is C19H26N4O2. The number of amides is 1.